The first-order valence-corrected chi connectivity index (χ1v) is 7.29. The van der Waals surface area contributed by atoms with E-state index in [9.17, 15) is 13.6 Å². The third-order valence-corrected chi connectivity index (χ3v) is 3.23. The van der Waals surface area contributed by atoms with Gasteiger partial charge in [0.25, 0.3) is 0 Å². The summed E-state index contributed by atoms with van der Waals surface area (Å²) in [6.45, 7) is 0. The molecule has 116 valence electrons. The normalized spacial score (nSPS) is 11.0. The summed E-state index contributed by atoms with van der Waals surface area (Å²) in [6.07, 6.45) is 9.65. The van der Waals surface area contributed by atoms with Gasteiger partial charge in [-0.05, 0) is 50.2 Å². The number of methoxy groups -OCH3 is 1. The molecule has 0 fully saturated rings. The van der Waals surface area contributed by atoms with Gasteiger partial charge in [0.2, 0.25) is 0 Å². The lowest BCUT2D eigenvalue weighted by atomic mass is 10.1. The van der Waals surface area contributed by atoms with Gasteiger partial charge in [-0.25, -0.2) is 8.78 Å². The molecular weight excluding hydrogens is 274 g/mol. The van der Waals surface area contributed by atoms with Crippen molar-refractivity contribution in [2.45, 2.75) is 44.9 Å². The maximum Gasteiger partial charge on any atom is 0.305 e. The minimum absolute atomic E-state index is 0.166. The quantitative estimate of drug-likeness (QED) is 0.379. The van der Waals surface area contributed by atoms with Crippen molar-refractivity contribution in [1.29, 1.82) is 0 Å². The van der Waals surface area contributed by atoms with Gasteiger partial charge in [0.05, 0.1) is 7.11 Å². The Bertz CT molecular complexity index is 470. The maximum atomic E-state index is 13.4. The fraction of sp³-hybridized carbons (Fsp3) is 0.471. The van der Waals surface area contributed by atoms with E-state index in [1.54, 1.807) is 0 Å². The van der Waals surface area contributed by atoms with Crippen LogP contribution in [0.1, 0.15) is 44.1 Å². The van der Waals surface area contributed by atoms with Crippen LogP contribution in [0.15, 0.2) is 30.4 Å². The third kappa shape index (κ3) is 7.59. The number of unbranched alkanes of at least 4 members (excludes halogenated alkanes) is 3. The molecule has 0 unspecified atom stereocenters. The molecule has 0 radical (unpaired) electrons. The summed E-state index contributed by atoms with van der Waals surface area (Å²) in [6, 6.07) is 3.71. The number of hydrogen-bond acceptors (Lipinski definition) is 2. The number of rotatable bonds is 9. The number of hydrogen-bond donors (Lipinski definition) is 0. The molecule has 0 bridgehead atoms. The molecule has 0 aliphatic heterocycles. The molecule has 1 aromatic carbocycles. The summed E-state index contributed by atoms with van der Waals surface area (Å²) in [4.78, 5) is 10.9. The van der Waals surface area contributed by atoms with Crippen molar-refractivity contribution in [3.63, 3.8) is 0 Å². The molecule has 2 nitrogen and oxygen atoms in total. The Balaban J connectivity index is 2.08. The molecule has 0 saturated carbocycles. The molecule has 0 atom stereocenters. The topological polar surface area (TPSA) is 26.3 Å². The van der Waals surface area contributed by atoms with Crippen LogP contribution in [0, 0.1) is 11.6 Å². The molecule has 1 aromatic rings. The number of allylic oxidation sites excluding steroid dienone is 2. The zero-order valence-electron chi connectivity index (χ0n) is 12.4. The average molecular weight is 296 g/mol. The fourth-order valence-corrected chi connectivity index (χ4v) is 2.00. The van der Waals surface area contributed by atoms with E-state index < -0.39 is 11.6 Å². The second-order valence-electron chi connectivity index (χ2n) is 4.92. The first-order chi connectivity index (χ1) is 10.1. The Hall–Kier alpha value is -1.71. The SMILES string of the molecule is COC(=O)CCCC/C=C/CCCc1ccc(F)cc1F. The standard InChI is InChI=1S/C17H22F2O2/c1-21-17(20)10-8-6-4-2-3-5-7-9-14-11-12-15(18)13-16(14)19/h2-3,11-13H,4-10H2,1H3/b3-2+. The van der Waals surface area contributed by atoms with Crippen LogP contribution in [-0.2, 0) is 16.0 Å². The van der Waals surface area contributed by atoms with E-state index in [0.717, 1.165) is 38.2 Å². The van der Waals surface area contributed by atoms with Crippen LogP contribution in [0.25, 0.3) is 0 Å². The van der Waals surface area contributed by atoms with Crippen molar-refractivity contribution < 1.29 is 18.3 Å². The number of ether oxygens (including phenoxy) is 1. The van der Waals surface area contributed by atoms with Crippen LogP contribution >= 0.6 is 0 Å². The second-order valence-corrected chi connectivity index (χ2v) is 4.92. The Labute approximate surface area is 124 Å². The van der Waals surface area contributed by atoms with Gasteiger partial charge in [-0.2, -0.15) is 0 Å². The highest BCUT2D eigenvalue weighted by atomic mass is 19.1. The van der Waals surface area contributed by atoms with E-state index in [-0.39, 0.29) is 5.97 Å². The van der Waals surface area contributed by atoms with E-state index in [2.05, 4.69) is 16.9 Å². The van der Waals surface area contributed by atoms with Gasteiger partial charge in [-0.1, -0.05) is 18.2 Å². The number of esters is 1. The number of carbonyl (C=O) groups excluding carboxylic acids is 1. The molecular formula is C17H22F2O2. The second kappa shape index (κ2) is 10.1. The predicted octanol–water partition coefficient (Wildman–Crippen LogP) is 4.58. The van der Waals surface area contributed by atoms with E-state index in [0.29, 0.717) is 18.4 Å². The summed E-state index contributed by atoms with van der Waals surface area (Å²) in [5, 5.41) is 0. The van der Waals surface area contributed by atoms with E-state index in [4.69, 9.17) is 0 Å². The van der Waals surface area contributed by atoms with Gasteiger partial charge in [-0.3, -0.25) is 4.79 Å². The van der Waals surface area contributed by atoms with Gasteiger partial charge in [-0.15, -0.1) is 0 Å². The first kappa shape index (κ1) is 17.3. The maximum absolute atomic E-state index is 13.4. The molecule has 0 amide bonds. The molecule has 0 aliphatic carbocycles. The average Bonchev–Trinajstić information content (AvgIpc) is 2.47. The molecule has 0 spiro atoms. The van der Waals surface area contributed by atoms with Gasteiger partial charge < -0.3 is 4.74 Å². The molecule has 0 heterocycles. The minimum atomic E-state index is -0.539. The Kier molecular flexibility index (Phi) is 8.32. The summed E-state index contributed by atoms with van der Waals surface area (Å²) in [5.74, 6) is -1.18. The highest BCUT2D eigenvalue weighted by Crippen LogP contribution is 2.12. The third-order valence-electron chi connectivity index (χ3n) is 3.23. The number of aryl methyl sites for hydroxylation is 1. The largest absolute Gasteiger partial charge is 0.469 e. The van der Waals surface area contributed by atoms with Crippen molar-refractivity contribution >= 4 is 5.97 Å². The van der Waals surface area contributed by atoms with E-state index in [1.807, 2.05) is 0 Å². The Morgan fingerprint density at radius 1 is 1.14 bits per heavy atom. The van der Waals surface area contributed by atoms with Crippen molar-refractivity contribution in [2.24, 2.45) is 0 Å². The molecule has 0 aliphatic rings. The van der Waals surface area contributed by atoms with Gasteiger partial charge in [0, 0.05) is 12.5 Å². The van der Waals surface area contributed by atoms with Crippen LogP contribution in [0.4, 0.5) is 8.78 Å². The number of benzene rings is 1. The first-order valence-electron chi connectivity index (χ1n) is 7.29. The van der Waals surface area contributed by atoms with Gasteiger partial charge in [0.15, 0.2) is 0 Å². The zero-order valence-corrected chi connectivity index (χ0v) is 12.4. The van der Waals surface area contributed by atoms with Crippen molar-refractivity contribution in [3.8, 4) is 0 Å². The van der Waals surface area contributed by atoms with Crippen LogP contribution < -0.4 is 0 Å². The monoisotopic (exact) mass is 296 g/mol. The van der Waals surface area contributed by atoms with Gasteiger partial charge >= 0.3 is 5.97 Å². The molecule has 21 heavy (non-hydrogen) atoms. The predicted molar refractivity (Wildman–Crippen MR) is 78.9 cm³/mol. The Morgan fingerprint density at radius 2 is 1.86 bits per heavy atom. The van der Waals surface area contributed by atoms with Crippen molar-refractivity contribution in [2.75, 3.05) is 7.11 Å². The summed E-state index contributed by atoms with van der Waals surface area (Å²) >= 11 is 0. The molecule has 1 rings (SSSR count). The Morgan fingerprint density at radius 3 is 2.52 bits per heavy atom. The summed E-state index contributed by atoms with van der Waals surface area (Å²) < 4.78 is 30.7. The van der Waals surface area contributed by atoms with E-state index in [1.165, 1.54) is 19.2 Å². The molecule has 0 N–H and O–H groups in total. The lowest BCUT2D eigenvalue weighted by molar-refractivity contribution is -0.140. The van der Waals surface area contributed by atoms with Crippen LogP contribution in [0.3, 0.4) is 0 Å². The van der Waals surface area contributed by atoms with Crippen LogP contribution in [0.2, 0.25) is 0 Å². The van der Waals surface area contributed by atoms with Crippen molar-refractivity contribution in [3.05, 3.63) is 47.5 Å². The highest BCUT2D eigenvalue weighted by molar-refractivity contribution is 5.68. The lowest BCUT2D eigenvalue weighted by Crippen LogP contribution is -1.98. The molecule has 0 saturated heterocycles. The van der Waals surface area contributed by atoms with Crippen LogP contribution in [-0.4, -0.2) is 13.1 Å². The molecule has 0 aromatic heterocycles. The number of carbonyl (C=O) groups is 1. The highest BCUT2D eigenvalue weighted by Gasteiger charge is 2.02. The zero-order chi connectivity index (χ0) is 15.5. The lowest BCUT2D eigenvalue weighted by Gasteiger charge is -2.01. The van der Waals surface area contributed by atoms with Gasteiger partial charge in [0.1, 0.15) is 11.6 Å². The molecule has 4 heteroatoms. The fourth-order valence-electron chi connectivity index (χ4n) is 2.00. The van der Waals surface area contributed by atoms with E-state index >= 15 is 0 Å². The summed E-state index contributed by atoms with van der Waals surface area (Å²) in [7, 11) is 1.40. The van der Waals surface area contributed by atoms with Crippen LogP contribution in [0.5, 0.6) is 0 Å². The minimum Gasteiger partial charge on any atom is -0.469 e. The number of halogens is 2. The smallest absolute Gasteiger partial charge is 0.305 e. The summed E-state index contributed by atoms with van der Waals surface area (Å²) in [5.41, 5.74) is 0.558. The van der Waals surface area contributed by atoms with Crippen molar-refractivity contribution in [1.82, 2.24) is 0 Å².